The third-order valence-corrected chi connectivity index (χ3v) is 4.96. The highest BCUT2D eigenvalue weighted by atomic mass is 15.4. The van der Waals surface area contributed by atoms with E-state index in [9.17, 15) is 0 Å². The van der Waals surface area contributed by atoms with Crippen molar-refractivity contribution in [3.05, 3.63) is 11.8 Å². The van der Waals surface area contributed by atoms with Crippen molar-refractivity contribution in [3.63, 3.8) is 0 Å². The monoisotopic (exact) mass is 335 g/mol. The predicted octanol–water partition coefficient (Wildman–Crippen LogP) is 5.68. The van der Waals surface area contributed by atoms with Crippen molar-refractivity contribution in [2.45, 2.75) is 92.0 Å². The topological polar surface area (TPSA) is 18.8 Å². The van der Waals surface area contributed by atoms with Crippen LogP contribution in [-0.2, 0) is 0 Å². The lowest BCUT2D eigenvalue weighted by Gasteiger charge is -2.38. The number of hydrogen-bond acceptors (Lipinski definition) is 3. The Hall–Kier alpha value is -0.990. The van der Waals surface area contributed by atoms with E-state index in [1.807, 2.05) is 0 Å². The van der Waals surface area contributed by atoms with Gasteiger partial charge >= 0.3 is 0 Å². The predicted molar refractivity (Wildman–Crippen MR) is 107 cm³/mol. The molecule has 0 bridgehead atoms. The van der Waals surface area contributed by atoms with E-state index in [2.05, 4.69) is 57.7 Å². The Morgan fingerprint density at radius 2 is 1.79 bits per heavy atom. The molecular formula is C21H41N3. The zero-order valence-electron chi connectivity index (χ0n) is 17.1. The minimum absolute atomic E-state index is 0.571. The van der Waals surface area contributed by atoms with E-state index in [-0.39, 0.29) is 0 Å². The third kappa shape index (κ3) is 7.27. The fourth-order valence-corrected chi connectivity index (χ4v) is 3.27. The first-order valence-corrected chi connectivity index (χ1v) is 10.2. The number of rotatable bonds is 11. The normalized spacial score (nSPS) is 16.2. The van der Waals surface area contributed by atoms with Gasteiger partial charge in [-0.3, -0.25) is 0 Å². The summed E-state index contributed by atoms with van der Waals surface area (Å²) in [4.78, 5) is 9.80. The average Bonchev–Trinajstić information content (AvgIpc) is 2.54. The van der Waals surface area contributed by atoms with Gasteiger partial charge in [-0.1, -0.05) is 53.4 Å². The number of unbranched alkanes of at least 4 members (excludes halogenated alkanes) is 3. The van der Waals surface area contributed by atoms with E-state index in [1.54, 1.807) is 0 Å². The van der Waals surface area contributed by atoms with Crippen LogP contribution in [0.15, 0.2) is 16.8 Å². The van der Waals surface area contributed by atoms with Gasteiger partial charge < -0.3 is 9.80 Å². The van der Waals surface area contributed by atoms with Crippen LogP contribution < -0.4 is 0 Å². The maximum atomic E-state index is 4.88. The Kier molecular flexibility index (Phi) is 10.1. The lowest BCUT2D eigenvalue weighted by Crippen LogP contribution is -2.49. The van der Waals surface area contributed by atoms with E-state index >= 15 is 0 Å². The van der Waals surface area contributed by atoms with E-state index in [0.29, 0.717) is 6.04 Å². The number of guanidine groups is 1. The number of aliphatic imine (C=N–C) groups is 1. The standard InChI is InChI=1S/C21H41N3/c1-7-9-11-12-19(5)24(15-14-18(3)4)21-22-16-20(13-10-8-2)17-23(21)6/h16,18-19H,7-15,17H2,1-6H3. The van der Waals surface area contributed by atoms with Crippen LogP contribution in [0.4, 0.5) is 0 Å². The summed E-state index contributed by atoms with van der Waals surface area (Å²) in [5, 5.41) is 0. The Balaban J connectivity index is 2.79. The van der Waals surface area contributed by atoms with Crippen LogP contribution in [0, 0.1) is 5.92 Å². The summed E-state index contributed by atoms with van der Waals surface area (Å²) in [6.07, 6.45) is 12.3. The minimum Gasteiger partial charge on any atom is -0.342 e. The summed E-state index contributed by atoms with van der Waals surface area (Å²) in [6.45, 7) is 13.7. The van der Waals surface area contributed by atoms with Crippen molar-refractivity contribution in [2.75, 3.05) is 20.1 Å². The number of likely N-dealkylation sites (N-methyl/N-ethyl adjacent to an activating group) is 1. The lowest BCUT2D eigenvalue weighted by atomic mass is 10.1. The highest BCUT2D eigenvalue weighted by molar-refractivity contribution is 5.82. The van der Waals surface area contributed by atoms with Crippen molar-refractivity contribution >= 4 is 5.96 Å². The van der Waals surface area contributed by atoms with Gasteiger partial charge in [0.2, 0.25) is 5.96 Å². The van der Waals surface area contributed by atoms with Gasteiger partial charge in [0.15, 0.2) is 0 Å². The zero-order chi connectivity index (χ0) is 17.9. The highest BCUT2D eigenvalue weighted by Gasteiger charge is 2.23. The molecule has 1 heterocycles. The molecule has 0 saturated heterocycles. The molecule has 0 aliphatic carbocycles. The van der Waals surface area contributed by atoms with Crippen LogP contribution in [0.5, 0.6) is 0 Å². The van der Waals surface area contributed by atoms with E-state index in [4.69, 9.17) is 4.99 Å². The number of nitrogens with zero attached hydrogens (tertiary/aromatic N) is 3. The average molecular weight is 336 g/mol. The quantitative estimate of drug-likeness (QED) is 0.452. The Labute approximate surface area is 151 Å². The summed E-state index contributed by atoms with van der Waals surface area (Å²) >= 11 is 0. The first kappa shape index (κ1) is 21.1. The minimum atomic E-state index is 0.571. The molecule has 1 atom stereocenters. The Bertz CT molecular complexity index is 398. The van der Waals surface area contributed by atoms with Crippen LogP contribution in [0.1, 0.15) is 86.0 Å². The lowest BCUT2D eigenvalue weighted by molar-refractivity contribution is 0.256. The molecule has 1 unspecified atom stereocenters. The third-order valence-electron chi connectivity index (χ3n) is 4.96. The molecule has 0 saturated carbocycles. The maximum absolute atomic E-state index is 4.88. The van der Waals surface area contributed by atoms with Crippen molar-refractivity contribution in [2.24, 2.45) is 10.9 Å². The van der Waals surface area contributed by atoms with Gasteiger partial charge in [0.25, 0.3) is 0 Å². The van der Waals surface area contributed by atoms with Crippen LogP contribution in [-0.4, -0.2) is 41.9 Å². The molecule has 0 aromatic rings. The summed E-state index contributed by atoms with van der Waals surface area (Å²) < 4.78 is 0. The molecule has 0 N–H and O–H groups in total. The molecule has 1 rings (SSSR count). The van der Waals surface area contributed by atoms with E-state index < -0.39 is 0 Å². The van der Waals surface area contributed by atoms with Gasteiger partial charge in [0.1, 0.15) is 0 Å². The summed E-state index contributed by atoms with van der Waals surface area (Å²) in [5.74, 6) is 1.92. The first-order valence-electron chi connectivity index (χ1n) is 10.2. The van der Waals surface area contributed by atoms with Crippen LogP contribution in [0.3, 0.4) is 0 Å². The largest absolute Gasteiger partial charge is 0.342 e. The van der Waals surface area contributed by atoms with Crippen LogP contribution in [0.2, 0.25) is 0 Å². The van der Waals surface area contributed by atoms with Gasteiger partial charge in [-0.05, 0) is 44.1 Å². The SMILES string of the molecule is CCCCCC(C)N(CCC(C)C)C1=NC=C(CCCC)CN1C. The van der Waals surface area contributed by atoms with Gasteiger partial charge in [-0.2, -0.15) is 0 Å². The van der Waals surface area contributed by atoms with Crippen molar-refractivity contribution in [3.8, 4) is 0 Å². The molecule has 0 fully saturated rings. The van der Waals surface area contributed by atoms with Crippen molar-refractivity contribution in [1.29, 1.82) is 0 Å². The molecule has 140 valence electrons. The van der Waals surface area contributed by atoms with Crippen LogP contribution >= 0.6 is 0 Å². The highest BCUT2D eigenvalue weighted by Crippen LogP contribution is 2.19. The second-order valence-electron chi connectivity index (χ2n) is 7.90. The zero-order valence-corrected chi connectivity index (χ0v) is 17.1. The second kappa shape index (κ2) is 11.5. The van der Waals surface area contributed by atoms with Gasteiger partial charge in [0, 0.05) is 32.4 Å². The van der Waals surface area contributed by atoms with Crippen LogP contribution in [0.25, 0.3) is 0 Å². The molecule has 0 amide bonds. The molecule has 0 radical (unpaired) electrons. The van der Waals surface area contributed by atoms with Crippen molar-refractivity contribution in [1.82, 2.24) is 9.80 Å². The summed E-state index contributed by atoms with van der Waals surface area (Å²) in [5.41, 5.74) is 1.48. The molecule has 0 spiro atoms. The Morgan fingerprint density at radius 3 is 2.38 bits per heavy atom. The van der Waals surface area contributed by atoms with Gasteiger partial charge in [0.05, 0.1) is 0 Å². The molecular weight excluding hydrogens is 294 g/mol. The Morgan fingerprint density at radius 1 is 1.08 bits per heavy atom. The maximum Gasteiger partial charge on any atom is 0.201 e. The number of hydrogen-bond donors (Lipinski definition) is 0. The summed E-state index contributed by atoms with van der Waals surface area (Å²) in [7, 11) is 2.21. The van der Waals surface area contributed by atoms with Gasteiger partial charge in [-0.25, -0.2) is 4.99 Å². The molecule has 0 aromatic carbocycles. The van der Waals surface area contributed by atoms with E-state index in [0.717, 1.165) is 19.0 Å². The van der Waals surface area contributed by atoms with E-state index in [1.165, 1.54) is 62.9 Å². The fourth-order valence-electron chi connectivity index (χ4n) is 3.27. The first-order chi connectivity index (χ1) is 11.5. The molecule has 3 nitrogen and oxygen atoms in total. The molecule has 3 heteroatoms. The molecule has 1 aliphatic heterocycles. The van der Waals surface area contributed by atoms with Crippen molar-refractivity contribution < 1.29 is 0 Å². The molecule has 24 heavy (non-hydrogen) atoms. The summed E-state index contributed by atoms with van der Waals surface area (Å²) in [6, 6.07) is 0.571. The smallest absolute Gasteiger partial charge is 0.201 e. The fraction of sp³-hybridized carbons (Fsp3) is 0.857. The van der Waals surface area contributed by atoms with Gasteiger partial charge in [-0.15, -0.1) is 0 Å². The molecule has 0 aromatic heterocycles. The molecule has 1 aliphatic rings. The second-order valence-corrected chi connectivity index (χ2v) is 7.90.